The number of imide groups is 1. The second-order valence-corrected chi connectivity index (χ2v) is 5.35. The van der Waals surface area contributed by atoms with Crippen molar-refractivity contribution < 1.29 is 32.7 Å². The zero-order chi connectivity index (χ0) is 15.8. The van der Waals surface area contributed by atoms with Crippen LogP contribution in [-0.2, 0) is 14.4 Å². The highest BCUT2D eigenvalue weighted by Gasteiger charge is 2.63. The number of rotatable bonds is 4. The molecule has 2 amide bonds. The third-order valence-electron chi connectivity index (χ3n) is 4.10. The standard InChI is InChI=1S/C12H15F3N2O4/c13-12(14,15)11(10(20)21)3-4-16(7-11)5-6-17-8(18)1-2-9(17)19/h1-7H2,(H,20,21). The van der Waals surface area contributed by atoms with Gasteiger partial charge in [-0.2, -0.15) is 13.2 Å². The van der Waals surface area contributed by atoms with Gasteiger partial charge in [0.15, 0.2) is 5.41 Å². The van der Waals surface area contributed by atoms with Crippen molar-refractivity contribution in [3.05, 3.63) is 0 Å². The molecule has 2 saturated heterocycles. The molecule has 6 nitrogen and oxygen atoms in total. The topological polar surface area (TPSA) is 77.9 Å². The predicted molar refractivity (Wildman–Crippen MR) is 63.1 cm³/mol. The normalized spacial score (nSPS) is 27.7. The number of carbonyl (C=O) groups excluding carboxylic acids is 2. The molecular formula is C12H15F3N2O4. The molecule has 0 spiro atoms. The van der Waals surface area contributed by atoms with Crippen LogP contribution in [0.5, 0.6) is 0 Å². The first kappa shape index (κ1) is 15.7. The number of hydrogen-bond donors (Lipinski definition) is 1. The van der Waals surface area contributed by atoms with Crippen molar-refractivity contribution in [1.29, 1.82) is 0 Å². The third kappa shape index (κ3) is 2.74. The number of amides is 2. The zero-order valence-electron chi connectivity index (χ0n) is 11.2. The highest BCUT2D eigenvalue weighted by atomic mass is 19.4. The smallest absolute Gasteiger partial charge is 0.406 e. The SMILES string of the molecule is O=C1CCC(=O)N1CCN1CCC(C(=O)O)(C(F)(F)F)C1. The number of alkyl halides is 3. The van der Waals surface area contributed by atoms with Gasteiger partial charge in [0.25, 0.3) is 0 Å². The first-order valence-corrected chi connectivity index (χ1v) is 6.53. The van der Waals surface area contributed by atoms with E-state index < -0.39 is 30.5 Å². The lowest BCUT2D eigenvalue weighted by Crippen LogP contribution is -2.47. The highest BCUT2D eigenvalue weighted by Crippen LogP contribution is 2.45. The Morgan fingerprint density at radius 1 is 1.19 bits per heavy atom. The minimum atomic E-state index is -4.83. The molecule has 2 fully saturated rings. The van der Waals surface area contributed by atoms with Crippen molar-refractivity contribution in [2.24, 2.45) is 5.41 Å². The fraction of sp³-hybridized carbons (Fsp3) is 0.750. The van der Waals surface area contributed by atoms with Crippen molar-refractivity contribution in [3.8, 4) is 0 Å². The quantitative estimate of drug-likeness (QED) is 0.764. The van der Waals surface area contributed by atoms with Crippen LogP contribution in [0.15, 0.2) is 0 Å². The monoisotopic (exact) mass is 308 g/mol. The lowest BCUT2D eigenvalue weighted by atomic mass is 9.86. The van der Waals surface area contributed by atoms with E-state index in [-0.39, 0.29) is 44.3 Å². The Labute approximate surface area is 118 Å². The summed E-state index contributed by atoms with van der Waals surface area (Å²) < 4.78 is 38.9. The van der Waals surface area contributed by atoms with E-state index in [0.29, 0.717) is 0 Å². The summed E-state index contributed by atoms with van der Waals surface area (Å²) in [7, 11) is 0. The molecule has 1 atom stereocenters. The van der Waals surface area contributed by atoms with Crippen molar-refractivity contribution in [2.75, 3.05) is 26.2 Å². The van der Waals surface area contributed by atoms with E-state index in [1.165, 1.54) is 4.90 Å². The summed E-state index contributed by atoms with van der Waals surface area (Å²) in [5.74, 6) is -2.55. The molecule has 0 saturated carbocycles. The van der Waals surface area contributed by atoms with Crippen molar-refractivity contribution in [3.63, 3.8) is 0 Å². The van der Waals surface area contributed by atoms with E-state index in [0.717, 1.165) is 4.90 Å². The largest absolute Gasteiger partial charge is 0.481 e. The van der Waals surface area contributed by atoms with Gasteiger partial charge < -0.3 is 10.0 Å². The Balaban J connectivity index is 1.97. The van der Waals surface area contributed by atoms with Crippen LogP contribution in [0.3, 0.4) is 0 Å². The lowest BCUT2D eigenvalue weighted by molar-refractivity contribution is -0.227. The molecule has 2 rings (SSSR count). The molecule has 1 N–H and O–H groups in total. The maximum Gasteiger partial charge on any atom is 0.406 e. The van der Waals surface area contributed by atoms with Crippen LogP contribution in [-0.4, -0.2) is 65.0 Å². The molecule has 118 valence electrons. The number of likely N-dealkylation sites (tertiary alicyclic amines) is 2. The van der Waals surface area contributed by atoms with E-state index in [2.05, 4.69) is 0 Å². The van der Waals surface area contributed by atoms with Gasteiger partial charge in [0.05, 0.1) is 0 Å². The summed E-state index contributed by atoms with van der Waals surface area (Å²) in [5, 5.41) is 8.92. The molecule has 2 aliphatic rings. The maximum atomic E-state index is 13.0. The summed E-state index contributed by atoms with van der Waals surface area (Å²) >= 11 is 0. The van der Waals surface area contributed by atoms with Gasteiger partial charge in [0, 0.05) is 32.5 Å². The van der Waals surface area contributed by atoms with Crippen LogP contribution in [0.4, 0.5) is 13.2 Å². The minimum absolute atomic E-state index is 0.00518. The third-order valence-corrected chi connectivity index (χ3v) is 4.10. The molecular weight excluding hydrogens is 293 g/mol. The average Bonchev–Trinajstić information content (AvgIpc) is 2.93. The van der Waals surface area contributed by atoms with Gasteiger partial charge in [-0.15, -0.1) is 0 Å². The molecule has 2 heterocycles. The van der Waals surface area contributed by atoms with E-state index in [9.17, 15) is 27.6 Å². The number of nitrogens with zero attached hydrogens (tertiary/aromatic N) is 2. The lowest BCUT2D eigenvalue weighted by Gasteiger charge is -2.27. The van der Waals surface area contributed by atoms with E-state index >= 15 is 0 Å². The number of carboxylic acids is 1. The Bertz CT molecular complexity index is 464. The van der Waals surface area contributed by atoms with Crippen LogP contribution >= 0.6 is 0 Å². The Morgan fingerprint density at radius 2 is 1.76 bits per heavy atom. The number of halogens is 3. The van der Waals surface area contributed by atoms with Gasteiger partial charge in [-0.25, -0.2) is 0 Å². The first-order valence-electron chi connectivity index (χ1n) is 6.53. The number of hydrogen-bond acceptors (Lipinski definition) is 4. The Kier molecular flexibility index (Phi) is 3.96. The molecule has 0 radical (unpaired) electrons. The van der Waals surface area contributed by atoms with Crippen molar-refractivity contribution in [1.82, 2.24) is 9.80 Å². The average molecular weight is 308 g/mol. The summed E-state index contributed by atoms with van der Waals surface area (Å²) in [5.41, 5.74) is -2.76. The molecule has 0 aromatic heterocycles. The second-order valence-electron chi connectivity index (χ2n) is 5.35. The molecule has 0 aliphatic carbocycles. The molecule has 9 heteroatoms. The zero-order valence-corrected chi connectivity index (χ0v) is 11.2. The number of carboxylic acid groups (broad SMARTS) is 1. The minimum Gasteiger partial charge on any atom is -0.481 e. The second kappa shape index (κ2) is 5.28. The van der Waals surface area contributed by atoms with Crippen molar-refractivity contribution >= 4 is 17.8 Å². The predicted octanol–water partition coefficient (Wildman–Crippen LogP) is 0.474. The van der Waals surface area contributed by atoms with Gasteiger partial charge >= 0.3 is 12.1 Å². The Hall–Kier alpha value is -1.64. The van der Waals surface area contributed by atoms with Crippen LogP contribution in [0.1, 0.15) is 19.3 Å². The van der Waals surface area contributed by atoms with Gasteiger partial charge in [-0.1, -0.05) is 0 Å². The molecule has 0 aromatic carbocycles. The molecule has 2 aliphatic heterocycles. The van der Waals surface area contributed by atoms with Crippen LogP contribution in [0.25, 0.3) is 0 Å². The maximum absolute atomic E-state index is 13.0. The first-order chi connectivity index (χ1) is 9.67. The molecule has 21 heavy (non-hydrogen) atoms. The van der Waals surface area contributed by atoms with Gasteiger partial charge in [0.2, 0.25) is 11.8 Å². The van der Waals surface area contributed by atoms with E-state index in [4.69, 9.17) is 5.11 Å². The van der Waals surface area contributed by atoms with Crippen LogP contribution < -0.4 is 0 Å². The molecule has 1 unspecified atom stereocenters. The fourth-order valence-electron chi connectivity index (χ4n) is 2.72. The van der Waals surface area contributed by atoms with E-state index in [1.807, 2.05) is 0 Å². The fourth-order valence-corrected chi connectivity index (χ4v) is 2.72. The summed E-state index contributed by atoms with van der Waals surface area (Å²) in [6.45, 7) is -0.613. The summed E-state index contributed by atoms with van der Waals surface area (Å²) in [4.78, 5) is 36.2. The van der Waals surface area contributed by atoms with Crippen molar-refractivity contribution in [2.45, 2.75) is 25.4 Å². The molecule has 0 bridgehead atoms. The highest BCUT2D eigenvalue weighted by molar-refractivity contribution is 6.01. The molecule has 0 aromatic rings. The Morgan fingerprint density at radius 3 is 2.19 bits per heavy atom. The number of aliphatic carboxylic acids is 1. The van der Waals surface area contributed by atoms with E-state index in [1.54, 1.807) is 0 Å². The van der Waals surface area contributed by atoms with Gasteiger partial charge in [-0.3, -0.25) is 19.3 Å². The van der Waals surface area contributed by atoms with Crippen LogP contribution in [0.2, 0.25) is 0 Å². The van der Waals surface area contributed by atoms with Gasteiger partial charge in [0.1, 0.15) is 0 Å². The van der Waals surface area contributed by atoms with Crippen LogP contribution in [0, 0.1) is 5.41 Å². The summed E-state index contributed by atoms with van der Waals surface area (Å²) in [6, 6.07) is 0. The number of carbonyl (C=O) groups is 3. The summed E-state index contributed by atoms with van der Waals surface area (Å²) in [6.07, 6.45) is -5.10. The van der Waals surface area contributed by atoms with Gasteiger partial charge in [-0.05, 0) is 13.0 Å².